The van der Waals surface area contributed by atoms with E-state index in [9.17, 15) is 22.7 Å². The molecular weight excluding hydrogens is 497 g/mol. The van der Waals surface area contributed by atoms with Gasteiger partial charge in [0.05, 0.1) is 11.3 Å². The molecule has 2 aromatic carbocycles. The van der Waals surface area contributed by atoms with Crippen LogP contribution in [0.1, 0.15) is 27.0 Å². The van der Waals surface area contributed by atoms with Crippen LogP contribution in [0.5, 0.6) is 17.4 Å². The maximum atomic E-state index is 13.9. The number of nitrogens with two attached hydrogens (primary N) is 1. The number of aromatic nitrogens is 2. The number of halogens is 1. The van der Waals surface area contributed by atoms with Crippen LogP contribution in [-0.2, 0) is 9.84 Å². The number of carbonyl (C=O) groups is 1. The van der Waals surface area contributed by atoms with Gasteiger partial charge in [-0.3, -0.25) is 4.79 Å². The fourth-order valence-electron chi connectivity index (χ4n) is 3.97. The second-order valence-corrected chi connectivity index (χ2v) is 10.6. The van der Waals surface area contributed by atoms with E-state index >= 15 is 0 Å². The van der Waals surface area contributed by atoms with E-state index in [1.54, 1.807) is 0 Å². The van der Waals surface area contributed by atoms with Gasteiger partial charge >= 0.3 is 0 Å². The SMILES string of the molecule is Cc1cc(C)c(Oc2nc(-c3cc(O)cc(F)c3)ccc2C(=O)CS(=O)(=O)c2cccc(N)n2)c(C)c1. The third-order valence-corrected chi connectivity index (χ3v) is 7.03. The number of ether oxygens (including phenoxy) is 1. The Balaban J connectivity index is 1.80. The molecule has 4 rings (SSSR count). The van der Waals surface area contributed by atoms with E-state index in [0.717, 1.165) is 22.8 Å². The fourth-order valence-corrected chi connectivity index (χ4v) is 5.14. The molecule has 0 aliphatic rings. The molecule has 0 unspecified atom stereocenters. The number of anilines is 1. The highest BCUT2D eigenvalue weighted by Crippen LogP contribution is 2.33. The van der Waals surface area contributed by atoms with Crippen LogP contribution >= 0.6 is 0 Å². The van der Waals surface area contributed by atoms with Crippen LogP contribution in [-0.4, -0.2) is 35.0 Å². The van der Waals surface area contributed by atoms with Crippen molar-refractivity contribution in [1.82, 2.24) is 9.97 Å². The summed E-state index contributed by atoms with van der Waals surface area (Å²) in [6.07, 6.45) is 0. The van der Waals surface area contributed by atoms with Crippen LogP contribution in [0.2, 0.25) is 0 Å². The van der Waals surface area contributed by atoms with Crippen molar-refractivity contribution < 1.29 is 27.4 Å². The number of aromatic hydroxyl groups is 1. The number of ketones is 1. The second-order valence-electron chi connectivity index (χ2n) is 8.66. The molecule has 2 heterocycles. The highest BCUT2D eigenvalue weighted by atomic mass is 32.2. The summed E-state index contributed by atoms with van der Waals surface area (Å²) in [7, 11) is -4.12. The van der Waals surface area contributed by atoms with Gasteiger partial charge in [-0.05, 0) is 68.3 Å². The van der Waals surface area contributed by atoms with E-state index in [4.69, 9.17) is 10.5 Å². The van der Waals surface area contributed by atoms with Crippen molar-refractivity contribution in [2.24, 2.45) is 0 Å². The van der Waals surface area contributed by atoms with Gasteiger partial charge in [-0.2, -0.15) is 0 Å². The topological polar surface area (TPSA) is 132 Å². The van der Waals surface area contributed by atoms with Gasteiger partial charge in [0.2, 0.25) is 15.7 Å². The molecule has 10 heteroatoms. The van der Waals surface area contributed by atoms with E-state index in [1.165, 1.54) is 42.5 Å². The number of hydrogen-bond acceptors (Lipinski definition) is 8. The molecule has 0 spiro atoms. The number of aryl methyl sites for hydroxylation is 3. The summed E-state index contributed by atoms with van der Waals surface area (Å²) in [5.41, 5.74) is 8.55. The van der Waals surface area contributed by atoms with E-state index in [-0.39, 0.29) is 39.3 Å². The Morgan fingerprint density at radius 3 is 2.35 bits per heavy atom. The molecule has 3 N–H and O–H groups in total. The van der Waals surface area contributed by atoms with Crippen molar-refractivity contribution >= 4 is 21.4 Å². The number of nitrogen functional groups attached to an aromatic ring is 1. The van der Waals surface area contributed by atoms with Gasteiger partial charge in [-0.1, -0.05) is 23.8 Å². The average Bonchev–Trinajstić information content (AvgIpc) is 2.80. The molecule has 190 valence electrons. The zero-order valence-electron chi connectivity index (χ0n) is 20.3. The van der Waals surface area contributed by atoms with Crippen LogP contribution in [0.25, 0.3) is 11.3 Å². The first-order valence-electron chi connectivity index (χ1n) is 11.2. The van der Waals surface area contributed by atoms with E-state index in [0.29, 0.717) is 5.75 Å². The van der Waals surface area contributed by atoms with Crippen LogP contribution in [0.3, 0.4) is 0 Å². The Morgan fingerprint density at radius 1 is 1.00 bits per heavy atom. The van der Waals surface area contributed by atoms with Gasteiger partial charge in [0, 0.05) is 11.6 Å². The van der Waals surface area contributed by atoms with E-state index < -0.39 is 27.2 Å². The summed E-state index contributed by atoms with van der Waals surface area (Å²) in [5.74, 6) is -2.34. The number of rotatable bonds is 7. The summed E-state index contributed by atoms with van der Waals surface area (Å²) >= 11 is 0. The highest BCUT2D eigenvalue weighted by molar-refractivity contribution is 7.92. The normalized spacial score (nSPS) is 11.4. The lowest BCUT2D eigenvalue weighted by molar-refractivity contribution is 0.101. The quantitative estimate of drug-likeness (QED) is 0.327. The number of phenolic OH excluding ortho intramolecular Hbond substituents is 1. The summed E-state index contributed by atoms with van der Waals surface area (Å²) in [6, 6.07) is 14.1. The van der Waals surface area contributed by atoms with E-state index in [2.05, 4.69) is 9.97 Å². The monoisotopic (exact) mass is 521 g/mol. The second kappa shape index (κ2) is 9.98. The molecule has 2 aromatic heterocycles. The summed E-state index contributed by atoms with van der Waals surface area (Å²) in [6.45, 7) is 5.60. The third kappa shape index (κ3) is 5.75. The number of pyridine rings is 2. The van der Waals surface area contributed by atoms with Crippen molar-refractivity contribution in [2.75, 3.05) is 11.5 Å². The summed E-state index contributed by atoms with van der Waals surface area (Å²) in [4.78, 5) is 21.5. The van der Waals surface area contributed by atoms with Crippen LogP contribution in [0, 0.1) is 26.6 Å². The highest BCUT2D eigenvalue weighted by Gasteiger charge is 2.26. The first-order valence-corrected chi connectivity index (χ1v) is 12.8. The van der Waals surface area contributed by atoms with Gasteiger partial charge < -0.3 is 15.6 Å². The van der Waals surface area contributed by atoms with Gasteiger partial charge in [0.15, 0.2) is 10.8 Å². The lowest BCUT2D eigenvalue weighted by Crippen LogP contribution is -2.19. The smallest absolute Gasteiger partial charge is 0.230 e. The molecule has 8 nitrogen and oxygen atoms in total. The van der Waals surface area contributed by atoms with Crippen molar-refractivity contribution in [2.45, 2.75) is 25.8 Å². The maximum Gasteiger partial charge on any atom is 0.230 e. The third-order valence-electron chi connectivity index (χ3n) is 5.53. The molecule has 0 fully saturated rings. The molecular formula is C27H24FN3O5S. The number of hydrogen-bond donors (Lipinski definition) is 2. The summed E-state index contributed by atoms with van der Waals surface area (Å²) < 4.78 is 45.8. The van der Waals surface area contributed by atoms with Gasteiger partial charge in [-0.25, -0.2) is 22.8 Å². The maximum absolute atomic E-state index is 13.9. The predicted molar refractivity (Wildman–Crippen MR) is 137 cm³/mol. The Labute approximate surface area is 213 Å². The zero-order valence-corrected chi connectivity index (χ0v) is 21.1. The first-order chi connectivity index (χ1) is 17.4. The van der Waals surface area contributed by atoms with Gasteiger partial charge in [0.1, 0.15) is 28.9 Å². The lowest BCUT2D eigenvalue weighted by atomic mass is 10.1. The molecule has 0 bridgehead atoms. The molecule has 0 amide bonds. The standard InChI is InChI=1S/C27H24FN3O5S/c1-15-9-16(2)26(17(3)10-15)36-27-21(7-8-22(30-27)18-11-19(28)13-20(32)12-18)23(33)14-37(34,35)25-6-4-5-24(29)31-25/h4-13,32H,14H2,1-3H3,(H2,29,31). The Hall–Kier alpha value is -4.31. The van der Waals surface area contributed by atoms with E-state index in [1.807, 2.05) is 32.9 Å². The lowest BCUT2D eigenvalue weighted by Gasteiger charge is -2.16. The number of phenols is 1. The summed E-state index contributed by atoms with van der Waals surface area (Å²) in [5, 5.41) is 9.50. The first kappa shape index (κ1) is 25.8. The minimum Gasteiger partial charge on any atom is -0.508 e. The number of sulfone groups is 1. The number of nitrogens with zero attached hydrogens (tertiary/aromatic N) is 2. The van der Waals surface area contributed by atoms with Crippen LogP contribution in [0.4, 0.5) is 10.2 Å². The number of carbonyl (C=O) groups excluding carboxylic acids is 1. The fraction of sp³-hybridized carbons (Fsp3) is 0.148. The molecule has 0 saturated heterocycles. The van der Waals surface area contributed by atoms with Crippen LogP contribution in [0.15, 0.2) is 65.7 Å². The molecule has 37 heavy (non-hydrogen) atoms. The van der Waals surface area contributed by atoms with Crippen molar-refractivity contribution in [3.63, 3.8) is 0 Å². The Morgan fingerprint density at radius 2 is 1.70 bits per heavy atom. The average molecular weight is 522 g/mol. The largest absolute Gasteiger partial charge is 0.508 e. The minimum absolute atomic E-state index is 0.00670. The van der Waals surface area contributed by atoms with Crippen LogP contribution < -0.4 is 10.5 Å². The Bertz CT molecular complexity index is 1590. The molecule has 0 radical (unpaired) electrons. The predicted octanol–water partition coefficient (Wildman–Crippen LogP) is 4.94. The molecule has 0 aliphatic carbocycles. The number of Topliss-reactive ketones (excluding diaryl/α,β-unsaturated/α-hetero) is 1. The molecule has 0 atom stereocenters. The molecule has 4 aromatic rings. The van der Waals surface area contributed by atoms with Gasteiger partial charge in [-0.15, -0.1) is 0 Å². The zero-order chi connectivity index (χ0) is 26.9. The Kier molecular flexibility index (Phi) is 6.95. The number of benzene rings is 2. The molecule has 0 saturated carbocycles. The van der Waals surface area contributed by atoms with Crippen molar-refractivity contribution in [1.29, 1.82) is 0 Å². The minimum atomic E-state index is -4.12. The van der Waals surface area contributed by atoms with Crippen molar-refractivity contribution in [3.05, 3.63) is 88.7 Å². The van der Waals surface area contributed by atoms with Crippen molar-refractivity contribution in [3.8, 4) is 28.6 Å². The van der Waals surface area contributed by atoms with Gasteiger partial charge in [0.25, 0.3) is 0 Å². The molecule has 0 aliphatic heterocycles.